The van der Waals surface area contributed by atoms with Crippen LogP contribution in [-0.4, -0.2) is 10.9 Å². The molecule has 0 N–H and O–H groups in total. The Bertz CT molecular complexity index is 402. The maximum atomic E-state index is 11.4. The van der Waals surface area contributed by atoms with Crippen LogP contribution >= 0.6 is 27.6 Å². The third kappa shape index (κ3) is 3.85. The standard InChI is InChI=1S/C13H18ClIO2/c1-5-12(16)17-13(2,3)10-8-6-7-9-11(10)15(4)14/h6-9H,5H2,1-4H3. The minimum atomic E-state index is -1.61. The van der Waals surface area contributed by atoms with Crippen LogP contribution in [0.5, 0.6) is 0 Å². The Hall–Kier alpha value is -0.290. The van der Waals surface area contributed by atoms with Gasteiger partial charge in [0, 0.05) is 0 Å². The van der Waals surface area contributed by atoms with E-state index in [0.717, 1.165) is 9.13 Å². The molecular formula is C13H18ClIO2. The summed E-state index contributed by atoms with van der Waals surface area (Å²) in [5.41, 5.74) is 0.425. The van der Waals surface area contributed by atoms with Gasteiger partial charge in [0.2, 0.25) is 0 Å². The molecule has 0 heterocycles. The summed E-state index contributed by atoms with van der Waals surface area (Å²) in [5.74, 6) is -0.184. The van der Waals surface area contributed by atoms with Crippen molar-refractivity contribution in [2.45, 2.75) is 32.8 Å². The van der Waals surface area contributed by atoms with E-state index in [1.54, 1.807) is 6.92 Å². The third-order valence-corrected chi connectivity index (χ3v) is 6.04. The van der Waals surface area contributed by atoms with Gasteiger partial charge in [-0.25, -0.2) is 0 Å². The van der Waals surface area contributed by atoms with Crippen LogP contribution in [0.4, 0.5) is 0 Å². The quantitative estimate of drug-likeness (QED) is 0.449. The molecule has 0 spiro atoms. The van der Waals surface area contributed by atoms with Gasteiger partial charge >= 0.3 is 114 Å². The number of carbonyl (C=O) groups excluding carboxylic acids is 1. The first kappa shape index (κ1) is 14.8. The van der Waals surface area contributed by atoms with Gasteiger partial charge in [0.1, 0.15) is 0 Å². The molecule has 4 heteroatoms. The van der Waals surface area contributed by atoms with E-state index in [-0.39, 0.29) is 5.97 Å². The van der Waals surface area contributed by atoms with Crippen LogP contribution in [0.1, 0.15) is 32.8 Å². The molecule has 0 aliphatic rings. The van der Waals surface area contributed by atoms with Crippen molar-refractivity contribution in [2.24, 2.45) is 0 Å². The number of carbonyl (C=O) groups is 1. The number of halogens is 2. The van der Waals surface area contributed by atoms with Gasteiger partial charge in [-0.1, -0.05) is 0 Å². The molecule has 1 aromatic carbocycles. The molecule has 0 radical (unpaired) electrons. The molecule has 0 fully saturated rings. The molecule has 96 valence electrons. The van der Waals surface area contributed by atoms with Gasteiger partial charge in [0.05, 0.1) is 0 Å². The topological polar surface area (TPSA) is 26.3 Å². The molecule has 0 bridgehead atoms. The van der Waals surface area contributed by atoms with E-state index in [1.165, 1.54) is 0 Å². The second-order valence-electron chi connectivity index (χ2n) is 4.22. The zero-order chi connectivity index (χ0) is 13.1. The van der Waals surface area contributed by atoms with Gasteiger partial charge in [-0.15, -0.1) is 0 Å². The number of alkyl halides is 1. The summed E-state index contributed by atoms with van der Waals surface area (Å²) in [5, 5.41) is 0. The summed E-state index contributed by atoms with van der Waals surface area (Å²) < 4.78 is 6.65. The fraction of sp³-hybridized carbons (Fsp3) is 0.462. The normalized spacial score (nSPS) is 12.2. The predicted octanol–water partition coefficient (Wildman–Crippen LogP) is 4.33. The first-order valence-electron chi connectivity index (χ1n) is 5.46. The molecule has 1 aromatic rings. The molecule has 0 unspecified atom stereocenters. The summed E-state index contributed by atoms with van der Waals surface area (Å²) in [6, 6.07) is 7.97. The summed E-state index contributed by atoms with van der Waals surface area (Å²) >= 11 is -1.61. The van der Waals surface area contributed by atoms with E-state index < -0.39 is 24.3 Å². The van der Waals surface area contributed by atoms with Crippen LogP contribution in [0.3, 0.4) is 0 Å². The van der Waals surface area contributed by atoms with E-state index in [4.69, 9.17) is 13.6 Å². The van der Waals surface area contributed by atoms with Gasteiger partial charge in [-0.05, 0) is 0 Å². The number of esters is 1. The first-order valence-corrected chi connectivity index (χ1v) is 11.4. The van der Waals surface area contributed by atoms with Crippen LogP contribution in [0.15, 0.2) is 24.3 Å². The van der Waals surface area contributed by atoms with Gasteiger partial charge < -0.3 is 0 Å². The van der Waals surface area contributed by atoms with Crippen molar-refractivity contribution in [1.82, 2.24) is 0 Å². The predicted molar refractivity (Wildman–Crippen MR) is 80.3 cm³/mol. The molecule has 0 amide bonds. The fourth-order valence-electron chi connectivity index (χ4n) is 1.59. The van der Waals surface area contributed by atoms with Crippen molar-refractivity contribution in [3.05, 3.63) is 33.4 Å². The molecule has 0 saturated carbocycles. The Labute approximate surface area is 114 Å². The zero-order valence-corrected chi connectivity index (χ0v) is 13.5. The maximum absolute atomic E-state index is 11.4. The SMILES string of the molecule is CCC(=O)OC(C)(C)c1ccccc1I(C)Cl. The van der Waals surface area contributed by atoms with Crippen LogP contribution in [0.2, 0.25) is 0 Å². The summed E-state index contributed by atoms with van der Waals surface area (Å²) in [4.78, 5) is 13.5. The first-order chi connectivity index (χ1) is 7.88. The number of rotatable bonds is 4. The number of hydrogen-bond acceptors (Lipinski definition) is 2. The molecule has 0 aromatic heterocycles. The van der Waals surface area contributed by atoms with Crippen LogP contribution in [0.25, 0.3) is 0 Å². The molecule has 0 saturated heterocycles. The molecule has 2 nitrogen and oxygen atoms in total. The van der Waals surface area contributed by atoms with Crippen LogP contribution < -0.4 is 0 Å². The zero-order valence-electron chi connectivity index (χ0n) is 10.6. The fourth-order valence-corrected chi connectivity index (χ4v) is 4.76. The second-order valence-corrected chi connectivity index (χ2v) is 10.6. The molecule has 1 rings (SSSR count). The van der Waals surface area contributed by atoms with E-state index in [9.17, 15) is 4.79 Å². The van der Waals surface area contributed by atoms with Gasteiger partial charge in [0.25, 0.3) is 0 Å². The molecule has 0 aliphatic carbocycles. The van der Waals surface area contributed by atoms with Crippen molar-refractivity contribution < 1.29 is 9.53 Å². The minimum absolute atomic E-state index is 0.184. The van der Waals surface area contributed by atoms with Gasteiger partial charge in [-0.3, -0.25) is 0 Å². The van der Waals surface area contributed by atoms with Crippen LogP contribution in [-0.2, 0) is 15.1 Å². The Morgan fingerprint density at radius 1 is 1.41 bits per heavy atom. The molecule has 17 heavy (non-hydrogen) atoms. The average molecular weight is 369 g/mol. The molecule has 0 aliphatic heterocycles. The van der Waals surface area contributed by atoms with E-state index in [2.05, 4.69) is 4.93 Å². The third-order valence-electron chi connectivity index (χ3n) is 2.46. The number of ether oxygens (including phenoxy) is 1. The van der Waals surface area contributed by atoms with Gasteiger partial charge in [0.15, 0.2) is 0 Å². The summed E-state index contributed by atoms with van der Waals surface area (Å²) in [6.45, 7) is 5.62. The molecular weight excluding hydrogens is 350 g/mol. The molecule has 0 atom stereocenters. The average Bonchev–Trinajstić information content (AvgIpc) is 2.28. The Balaban J connectivity index is 3.09. The summed E-state index contributed by atoms with van der Waals surface area (Å²) in [7, 11) is 6.30. The summed E-state index contributed by atoms with van der Waals surface area (Å²) in [6.07, 6.45) is 0.390. The second kappa shape index (κ2) is 6.05. The van der Waals surface area contributed by atoms with Crippen LogP contribution in [0, 0.1) is 3.57 Å². The number of hydrogen-bond donors (Lipinski definition) is 0. The van der Waals surface area contributed by atoms with E-state index >= 15 is 0 Å². The van der Waals surface area contributed by atoms with Crippen molar-refractivity contribution in [3.63, 3.8) is 0 Å². The monoisotopic (exact) mass is 368 g/mol. The van der Waals surface area contributed by atoms with E-state index in [1.807, 2.05) is 38.1 Å². The van der Waals surface area contributed by atoms with Crippen molar-refractivity contribution in [2.75, 3.05) is 4.93 Å². The van der Waals surface area contributed by atoms with Crippen molar-refractivity contribution in [1.29, 1.82) is 0 Å². The number of benzene rings is 1. The van der Waals surface area contributed by atoms with E-state index in [0.29, 0.717) is 6.42 Å². The Morgan fingerprint density at radius 3 is 2.53 bits per heavy atom. The van der Waals surface area contributed by atoms with Crippen molar-refractivity contribution >= 4 is 33.6 Å². The van der Waals surface area contributed by atoms with Gasteiger partial charge in [-0.2, -0.15) is 0 Å². The van der Waals surface area contributed by atoms with Crippen molar-refractivity contribution in [3.8, 4) is 0 Å². The Morgan fingerprint density at radius 2 is 2.00 bits per heavy atom. The Kier molecular flexibility index (Phi) is 5.25.